The summed E-state index contributed by atoms with van der Waals surface area (Å²) in [4.78, 5) is 11.5. The lowest BCUT2D eigenvalue weighted by atomic mass is 10.0. The van der Waals surface area contributed by atoms with Crippen molar-refractivity contribution < 1.29 is 23.1 Å². The predicted molar refractivity (Wildman–Crippen MR) is 57.4 cm³/mol. The molecule has 0 unspecified atom stereocenters. The van der Waals surface area contributed by atoms with Crippen LogP contribution in [0.4, 0.5) is 13.2 Å². The van der Waals surface area contributed by atoms with Crippen molar-refractivity contribution in [3.05, 3.63) is 29.3 Å². The Hall–Kier alpha value is -1.23. The lowest BCUT2D eigenvalue weighted by Crippen LogP contribution is -2.06. The maximum absolute atomic E-state index is 12.3. The van der Waals surface area contributed by atoms with Crippen LogP contribution in [0.1, 0.15) is 28.8 Å². The zero-order valence-corrected chi connectivity index (χ0v) is 9.48. The van der Waals surface area contributed by atoms with E-state index in [9.17, 15) is 23.1 Å². The van der Waals surface area contributed by atoms with Crippen LogP contribution in [0.3, 0.4) is 0 Å². The minimum Gasteiger partial charge on any atom is -0.507 e. The summed E-state index contributed by atoms with van der Waals surface area (Å²) in [6.45, 7) is 0. The lowest BCUT2D eigenvalue weighted by molar-refractivity contribution is -0.137. The van der Waals surface area contributed by atoms with E-state index >= 15 is 0 Å². The van der Waals surface area contributed by atoms with Gasteiger partial charge in [-0.15, -0.1) is 11.6 Å². The third kappa shape index (κ3) is 3.63. The van der Waals surface area contributed by atoms with Gasteiger partial charge in [-0.05, 0) is 24.6 Å². The number of alkyl halides is 4. The van der Waals surface area contributed by atoms with Crippen molar-refractivity contribution in [2.45, 2.75) is 19.0 Å². The van der Waals surface area contributed by atoms with E-state index in [1.54, 1.807) is 0 Å². The second kappa shape index (κ2) is 5.40. The molecule has 17 heavy (non-hydrogen) atoms. The third-order valence-electron chi connectivity index (χ3n) is 2.16. The number of phenols is 1. The molecule has 0 spiro atoms. The standard InChI is InChI=1S/C11H10ClF3O2/c12-5-1-2-9(16)8-4-3-7(6-10(8)17)11(13,14)15/h3-4,6,17H,1-2,5H2. The SMILES string of the molecule is O=C(CCCCl)c1ccc(C(F)(F)F)cc1O. The molecule has 0 aromatic heterocycles. The van der Waals surface area contributed by atoms with Gasteiger partial charge < -0.3 is 5.11 Å². The molecule has 1 N–H and O–H groups in total. The van der Waals surface area contributed by atoms with Crippen molar-refractivity contribution in [1.29, 1.82) is 0 Å². The van der Waals surface area contributed by atoms with E-state index in [1.165, 1.54) is 0 Å². The number of hydrogen-bond donors (Lipinski definition) is 1. The number of hydrogen-bond acceptors (Lipinski definition) is 2. The summed E-state index contributed by atoms with van der Waals surface area (Å²) in [6.07, 6.45) is -4.02. The van der Waals surface area contributed by atoms with Crippen molar-refractivity contribution >= 4 is 17.4 Å². The molecule has 0 bridgehead atoms. The number of carbonyl (C=O) groups is 1. The number of aromatic hydroxyl groups is 1. The summed E-state index contributed by atoms with van der Waals surface area (Å²) in [5.74, 6) is -0.788. The number of carbonyl (C=O) groups excluding carboxylic acids is 1. The molecule has 0 aliphatic rings. The van der Waals surface area contributed by atoms with Crippen molar-refractivity contribution in [1.82, 2.24) is 0 Å². The van der Waals surface area contributed by atoms with E-state index in [4.69, 9.17) is 11.6 Å². The number of benzene rings is 1. The molecule has 1 aromatic rings. The zero-order valence-electron chi connectivity index (χ0n) is 8.72. The van der Waals surface area contributed by atoms with E-state index < -0.39 is 23.3 Å². The summed E-state index contributed by atoms with van der Waals surface area (Å²) in [7, 11) is 0. The highest BCUT2D eigenvalue weighted by atomic mass is 35.5. The van der Waals surface area contributed by atoms with Crippen molar-refractivity contribution in [2.75, 3.05) is 5.88 Å². The predicted octanol–water partition coefficient (Wildman–Crippen LogP) is 3.61. The molecule has 0 aliphatic carbocycles. The minimum absolute atomic E-state index is 0.0996. The van der Waals surface area contributed by atoms with Gasteiger partial charge in [0, 0.05) is 12.3 Å². The first kappa shape index (κ1) is 13.8. The Morgan fingerprint density at radius 2 is 2.00 bits per heavy atom. The Morgan fingerprint density at radius 1 is 1.35 bits per heavy atom. The summed E-state index contributed by atoms with van der Waals surface area (Å²) < 4.78 is 36.9. The highest BCUT2D eigenvalue weighted by Gasteiger charge is 2.31. The largest absolute Gasteiger partial charge is 0.507 e. The highest BCUT2D eigenvalue weighted by Crippen LogP contribution is 2.33. The van der Waals surface area contributed by atoms with Crippen molar-refractivity contribution in [2.24, 2.45) is 0 Å². The van der Waals surface area contributed by atoms with Gasteiger partial charge in [-0.25, -0.2) is 0 Å². The summed E-state index contributed by atoms with van der Waals surface area (Å²) in [5, 5.41) is 9.37. The number of rotatable bonds is 4. The molecular formula is C11H10ClF3O2. The van der Waals surface area contributed by atoms with Gasteiger partial charge in [0.05, 0.1) is 11.1 Å². The molecule has 0 aliphatic heterocycles. The first-order valence-electron chi connectivity index (χ1n) is 4.85. The number of phenolic OH excluding ortho intramolecular Hbond substituents is 1. The van der Waals surface area contributed by atoms with Crippen LogP contribution in [0.15, 0.2) is 18.2 Å². The Morgan fingerprint density at radius 3 is 2.47 bits per heavy atom. The molecule has 0 radical (unpaired) electrons. The fourth-order valence-corrected chi connectivity index (χ4v) is 1.44. The van der Waals surface area contributed by atoms with Gasteiger partial charge in [0.15, 0.2) is 5.78 Å². The normalized spacial score (nSPS) is 11.5. The maximum atomic E-state index is 12.3. The Balaban J connectivity index is 2.94. The van der Waals surface area contributed by atoms with Crippen molar-refractivity contribution in [3.63, 3.8) is 0 Å². The van der Waals surface area contributed by atoms with Crippen LogP contribution in [0.5, 0.6) is 5.75 Å². The molecule has 94 valence electrons. The van der Waals surface area contributed by atoms with Gasteiger partial charge >= 0.3 is 6.18 Å². The summed E-state index contributed by atoms with van der Waals surface area (Å²) >= 11 is 5.39. The molecule has 6 heteroatoms. The lowest BCUT2D eigenvalue weighted by Gasteiger charge is -2.09. The van der Waals surface area contributed by atoms with Gasteiger partial charge in [-0.3, -0.25) is 4.79 Å². The monoisotopic (exact) mass is 266 g/mol. The topological polar surface area (TPSA) is 37.3 Å². The van der Waals surface area contributed by atoms with E-state index in [0.717, 1.165) is 12.1 Å². The second-order valence-electron chi connectivity index (χ2n) is 3.45. The summed E-state index contributed by atoms with van der Waals surface area (Å²) in [5.41, 5.74) is -1.09. The average molecular weight is 267 g/mol. The van der Waals surface area contributed by atoms with Crippen LogP contribution < -0.4 is 0 Å². The summed E-state index contributed by atoms with van der Waals surface area (Å²) in [6, 6.07) is 2.30. The van der Waals surface area contributed by atoms with Gasteiger partial charge in [-0.1, -0.05) is 0 Å². The fourth-order valence-electron chi connectivity index (χ4n) is 1.31. The van der Waals surface area contributed by atoms with Crippen LogP contribution in [0.25, 0.3) is 0 Å². The third-order valence-corrected chi connectivity index (χ3v) is 2.43. The molecule has 0 fully saturated rings. The van der Waals surface area contributed by atoms with E-state index in [2.05, 4.69) is 0 Å². The highest BCUT2D eigenvalue weighted by molar-refractivity contribution is 6.18. The average Bonchev–Trinajstić information content (AvgIpc) is 2.24. The van der Waals surface area contributed by atoms with E-state index in [-0.39, 0.29) is 17.9 Å². The molecule has 0 atom stereocenters. The van der Waals surface area contributed by atoms with Crippen LogP contribution >= 0.6 is 11.6 Å². The Kier molecular flexibility index (Phi) is 4.40. The molecular weight excluding hydrogens is 257 g/mol. The number of Topliss-reactive ketones (excluding diaryl/α,β-unsaturated/α-hetero) is 1. The van der Waals surface area contributed by atoms with Gasteiger partial charge in [-0.2, -0.15) is 13.2 Å². The Bertz CT molecular complexity index is 416. The molecule has 0 saturated heterocycles. The first-order chi connectivity index (χ1) is 7.86. The second-order valence-corrected chi connectivity index (χ2v) is 3.82. The molecule has 0 amide bonds. The number of halogens is 4. The van der Waals surface area contributed by atoms with Crippen LogP contribution in [-0.4, -0.2) is 16.8 Å². The maximum Gasteiger partial charge on any atom is 0.416 e. The smallest absolute Gasteiger partial charge is 0.416 e. The molecule has 0 saturated carbocycles. The number of ketones is 1. The Labute approximate surface area is 101 Å². The van der Waals surface area contributed by atoms with Gasteiger partial charge in [0.2, 0.25) is 0 Å². The molecule has 0 heterocycles. The van der Waals surface area contributed by atoms with Gasteiger partial charge in [0.25, 0.3) is 0 Å². The molecule has 2 nitrogen and oxygen atoms in total. The zero-order chi connectivity index (χ0) is 13.1. The molecule has 1 rings (SSSR count). The minimum atomic E-state index is -4.53. The first-order valence-corrected chi connectivity index (χ1v) is 5.39. The fraction of sp³-hybridized carbons (Fsp3) is 0.364. The van der Waals surface area contributed by atoms with E-state index in [0.29, 0.717) is 12.5 Å². The quantitative estimate of drug-likeness (QED) is 0.668. The van der Waals surface area contributed by atoms with Crippen molar-refractivity contribution in [3.8, 4) is 5.75 Å². The van der Waals surface area contributed by atoms with Crippen LogP contribution in [0, 0.1) is 0 Å². The van der Waals surface area contributed by atoms with E-state index in [1.807, 2.05) is 0 Å². The van der Waals surface area contributed by atoms with Gasteiger partial charge in [0.1, 0.15) is 5.75 Å². The molecule has 1 aromatic carbocycles. The van der Waals surface area contributed by atoms with Crippen LogP contribution in [0.2, 0.25) is 0 Å². The van der Waals surface area contributed by atoms with Crippen LogP contribution in [-0.2, 0) is 6.18 Å².